The third-order valence-electron chi connectivity index (χ3n) is 3.96. The van der Waals surface area contributed by atoms with Gasteiger partial charge >= 0.3 is 6.18 Å². The maximum Gasteiger partial charge on any atom is 0.433 e. The zero-order valence-electron chi connectivity index (χ0n) is 17.0. The SMILES string of the molecule is CC(C)(O)CN=C1C=C(c2cccc(C(F)(F)F)n2)NN(Nc2cc(F)cc(C#N)c2)N1. The zero-order chi connectivity index (χ0) is 23.5. The molecular formula is C20H19F4N7O. The number of aromatic nitrogens is 1. The highest BCUT2D eigenvalue weighted by Gasteiger charge is 2.33. The number of benzene rings is 1. The van der Waals surface area contributed by atoms with Gasteiger partial charge in [0, 0.05) is 6.08 Å². The molecule has 0 saturated carbocycles. The van der Waals surface area contributed by atoms with Crippen LogP contribution in [0.15, 0.2) is 47.5 Å². The van der Waals surface area contributed by atoms with Crippen LogP contribution in [-0.4, -0.2) is 33.3 Å². The number of alkyl halides is 3. The van der Waals surface area contributed by atoms with E-state index in [1.807, 2.05) is 6.07 Å². The predicted molar refractivity (Wildman–Crippen MR) is 109 cm³/mol. The Morgan fingerprint density at radius 2 is 1.97 bits per heavy atom. The van der Waals surface area contributed by atoms with E-state index in [1.165, 1.54) is 24.3 Å². The van der Waals surface area contributed by atoms with E-state index in [-0.39, 0.29) is 35.0 Å². The second-order valence-corrected chi connectivity index (χ2v) is 7.49. The molecule has 3 rings (SSSR count). The number of nitrogens with one attached hydrogen (secondary N) is 3. The third kappa shape index (κ3) is 6.16. The first kappa shape index (κ1) is 23.0. The molecule has 2 heterocycles. The van der Waals surface area contributed by atoms with Gasteiger partial charge in [-0.05, 0) is 49.4 Å². The van der Waals surface area contributed by atoms with Crippen molar-refractivity contribution in [3.63, 3.8) is 0 Å². The molecule has 0 atom stereocenters. The molecule has 0 saturated heterocycles. The Labute approximate surface area is 180 Å². The van der Waals surface area contributed by atoms with Crippen molar-refractivity contribution in [2.45, 2.75) is 25.6 Å². The predicted octanol–water partition coefficient (Wildman–Crippen LogP) is 2.97. The summed E-state index contributed by atoms with van der Waals surface area (Å²) in [5.74, 6) is -0.473. The number of halogens is 4. The minimum Gasteiger partial charge on any atom is -0.389 e. The molecule has 8 nitrogen and oxygen atoms in total. The maximum absolute atomic E-state index is 13.8. The molecule has 168 valence electrons. The van der Waals surface area contributed by atoms with Crippen LogP contribution in [0.4, 0.5) is 23.2 Å². The summed E-state index contributed by atoms with van der Waals surface area (Å²) >= 11 is 0. The number of aliphatic imine (C=N–C) groups is 1. The molecule has 0 spiro atoms. The number of aliphatic hydroxyl groups is 1. The van der Waals surface area contributed by atoms with Crippen LogP contribution in [0, 0.1) is 17.1 Å². The molecule has 1 aliphatic heterocycles. The molecule has 1 aromatic heterocycles. The monoisotopic (exact) mass is 449 g/mol. The quantitative estimate of drug-likeness (QED) is 0.520. The fraction of sp³-hybridized carbons (Fsp3) is 0.250. The lowest BCUT2D eigenvalue weighted by molar-refractivity contribution is -0.141. The van der Waals surface area contributed by atoms with Gasteiger partial charge in [-0.2, -0.15) is 18.4 Å². The highest BCUT2D eigenvalue weighted by Crippen LogP contribution is 2.28. The van der Waals surface area contributed by atoms with Gasteiger partial charge in [0.2, 0.25) is 0 Å². The molecule has 0 fully saturated rings. The second kappa shape index (κ2) is 8.81. The van der Waals surface area contributed by atoms with Crippen LogP contribution in [-0.2, 0) is 6.18 Å². The Balaban J connectivity index is 1.94. The molecule has 12 heteroatoms. The molecule has 32 heavy (non-hydrogen) atoms. The van der Waals surface area contributed by atoms with E-state index in [4.69, 9.17) is 5.26 Å². The summed E-state index contributed by atoms with van der Waals surface area (Å²) in [5, 5.41) is 20.1. The normalized spacial score (nSPS) is 16.1. The van der Waals surface area contributed by atoms with Gasteiger partial charge < -0.3 is 5.11 Å². The Morgan fingerprint density at radius 3 is 2.62 bits per heavy atom. The number of nitrogens with zero attached hydrogens (tertiary/aromatic N) is 4. The topological polar surface area (TPSA) is 109 Å². The van der Waals surface area contributed by atoms with Crippen molar-refractivity contribution in [1.82, 2.24) is 21.1 Å². The van der Waals surface area contributed by atoms with E-state index < -0.39 is 23.3 Å². The third-order valence-corrected chi connectivity index (χ3v) is 3.96. The molecule has 4 N–H and O–H groups in total. The van der Waals surface area contributed by atoms with Gasteiger partial charge in [0.05, 0.1) is 40.9 Å². The van der Waals surface area contributed by atoms with Gasteiger partial charge in [-0.3, -0.25) is 21.3 Å². The van der Waals surface area contributed by atoms with Crippen LogP contribution in [0.2, 0.25) is 0 Å². The van der Waals surface area contributed by atoms with Crippen molar-refractivity contribution in [2.24, 2.45) is 4.99 Å². The standard InChI is InChI=1S/C20H19F4N7O/c1-19(2,32)11-26-18-9-16(15-4-3-5-17(27-15)20(22,23)24)29-31(30-18)28-14-7-12(10-25)6-13(21)8-14/h3-9,28-29,32H,11H2,1-2H3,(H,26,30). The molecular weight excluding hydrogens is 430 g/mol. The van der Waals surface area contributed by atoms with E-state index in [0.29, 0.717) is 0 Å². The zero-order valence-corrected chi connectivity index (χ0v) is 17.0. The lowest BCUT2D eigenvalue weighted by Crippen LogP contribution is -2.56. The summed E-state index contributed by atoms with van der Waals surface area (Å²) in [6.07, 6.45) is -3.22. The minimum atomic E-state index is -4.63. The molecule has 0 bridgehead atoms. The first-order valence-corrected chi connectivity index (χ1v) is 9.27. The van der Waals surface area contributed by atoms with Crippen molar-refractivity contribution >= 4 is 17.2 Å². The van der Waals surface area contributed by atoms with Crippen molar-refractivity contribution in [2.75, 3.05) is 12.0 Å². The van der Waals surface area contributed by atoms with Crippen molar-refractivity contribution in [1.29, 1.82) is 5.26 Å². The summed E-state index contributed by atoms with van der Waals surface area (Å²) in [4.78, 5) is 7.87. The smallest absolute Gasteiger partial charge is 0.389 e. The van der Waals surface area contributed by atoms with Crippen LogP contribution in [0.1, 0.15) is 30.8 Å². The Kier molecular flexibility index (Phi) is 6.33. The van der Waals surface area contributed by atoms with Gasteiger partial charge in [-0.25, -0.2) is 9.37 Å². The van der Waals surface area contributed by atoms with E-state index in [2.05, 4.69) is 26.3 Å². The number of rotatable bonds is 5. The largest absolute Gasteiger partial charge is 0.433 e. The summed E-state index contributed by atoms with van der Waals surface area (Å²) in [6.45, 7) is 3.08. The van der Waals surface area contributed by atoms with E-state index in [1.54, 1.807) is 13.8 Å². The Hall–Kier alpha value is -3.69. The molecule has 0 radical (unpaired) electrons. The highest BCUT2D eigenvalue weighted by atomic mass is 19.4. The molecule has 0 unspecified atom stereocenters. The first-order valence-electron chi connectivity index (χ1n) is 9.27. The molecule has 0 amide bonds. The lowest BCUT2D eigenvalue weighted by Gasteiger charge is -2.31. The Morgan fingerprint density at radius 1 is 1.22 bits per heavy atom. The molecule has 0 aliphatic carbocycles. The highest BCUT2D eigenvalue weighted by molar-refractivity contribution is 5.99. The van der Waals surface area contributed by atoms with Gasteiger partial charge in [0.25, 0.3) is 0 Å². The fourth-order valence-corrected chi connectivity index (χ4v) is 2.60. The van der Waals surface area contributed by atoms with E-state index >= 15 is 0 Å². The number of anilines is 1. The summed E-state index contributed by atoms with van der Waals surface area (Å²) in [6, 6.07) is 8.82. The lowest BCUT2D eigenvalue weighted by atomic mass is 10.1. The summed E-state index contributed by atoms with van der Waals surface area (Å²) in [5.41, 5.74) is 6.48. The van der Waals surface area contributed by atoms with Gasteiger partial charge in [0.15, 0.2) is 0 Å². The van der Waals surface area contributed by atoms with Crippen LogP contribution in [0.25, 0.3) is 5.70 Å². The fourth-order valence-electron chi connectivity index (χ4n) is 2.60. The van der Waals surface area contributed by atoms with Crippen molar-refractivity contribution in [3.8, 4) is 6.07 Å². The van der Waals surface area contributed by atoms with E-state index in [0.717, 1.165) is 23.4 Å². The minimum absolute atomic E-state index is 0.0124. The molecule has 1 aliphatic rings. The van der Waals surface area contributed by atoms with E-state index in [9.17, 15) is 22.7 Å². The first-order chi connectivity index (χ1) is 14.9. The van der Waals surface area contributed by atoms with Gasteiger partial charge in [-0.15, -0.1) is 0 Å². The van der Waals surface area contributed by atoms with Gasteiger partial charge in [0.1, 0.15) is 17.3 Å². The second-order valence-electron chi connectivity index (χ2n) is 7.49. The maximum atomic E-state index is 13.8. The number of hydrogen-bond donors (Lipinski definition) is 4. The molecule has 2 aromatic rings. The summed E-state index contributed by atoms with van der Waals surface area (Å²) < 4.78 is 53.0. The molecule has 1 aromatic carbocycles. The number of amidine groups is 1. The number of nitriles is 1. The van der Waals surface area contributed by atoms with Crippen LogP contribution < -0.4 is 16.3 Å². The number of hydrogen-bond acceptors (Lipinski definition) is 7. The number of pyridine rings is 1. The van der Waals surface area contributed by atoms with Crippen LogP contribution in [0.3, 0.4) is 0 Å². The summed E-state index contributed by atoms with van der Waals surface area (Å²) in [7, 11) is 0. The average molecular weight is 449 g/mol. The van der Waals surface area contributed by atoms with Crippen LogP contribution in [0.5, 0.6) is 0 Å². The van der Waals surface area contributed by atoms with Crippen LogP contribution >= 0.6 is 0 Å². The Bertz CT molecular complexity index is 1100. The van der Waals surface area contributed by atoms with Gasteiger partial charge in [-0.1, -0.05) is 6.07 Å². The average Bonchev–Trinajstić information content (AvgIpc) is 2.70. The van der Waals surface area contributed by atoms with Crippen molar-refractivity contribution in [3.05, 3.63) is 65.2 Å². The number of hydrazine groups is 3. The van der Waals surface area contributed by atoms with Crippen molar-refractivity contribution < 1.29 is 22.7 Å².